The zero-order valence-electron chi connectivity index (χ0n) is 18.3. The van der Waals surface area contributed by atoms with Crippen molar-refractivity contribution in [2.45, 2.75) is 31.1 Å². The van der Waals surface area contributed by atoms with E-state index in [4.69, 9.17) is 11.6 Å². The molecule has 33 heavy (non-hydrogen) atoms. The van der Waals surface area contributed by atoms with Crippen LogP contribution in [0.5, 0.6) is 0 Å². The van der Waals surface area contributed by atoms with Gasteiger partial charge in [-0.15, -0.1) is 16.8 Å². The molecule has 0 aliphatic carbocycles. The van der Waals surface area contributed by atoms with Crippen LogP contribution in [0, 0.1) is 0 Å². The van der Waals surface area contributed by atoms with Crippen molar-refractivity contribution in [3.63, 3.8) is 0 Å². The average molecular weight is 484 g/mol. The quantitative estimate of drug-likeness (QED) is 0.317. The fourth-order valence-corrected chi connectivity index (χ4v) is 4.19. The summed E-state index contributed by atoms with van der Waals surface area (Å²) >= 11 is 7.42. The van der Waals surface area contributed by atoms with E-state index < -0.39 is 6.04 Å². The SMILES string of the molecule is C=CCn1c(SCC(=O)NCCc2ccccc2)nnc1[C@H](C)NC(=O)c1ccccc1Cl. The second-order valence-corrected chi connectivity index (χ2v) is 8.64. The summed E-state index contributed by atoms with van der Waals surface area (Å²) in [5.74, 6) is 0.408. The number of hydrogen-bond acceptors (Lipinski definition) is 5. The van der Waals surface area contributed by atoms with E-state index in [1.807, 2.05) is 41.8 Å². The molecule has 7 nitrogen and oxygen atoms in total. The molecule has 2 N–H and O–H groups in total. The first-order valence-electron chi connectivity index (χ1n) is 10.5. The van der Waals surface area contributed by atoms with Gasteiger partial charge in [-0.1, -0.05) is 71.9 Å². The van der Waals surface area contributed by atoms with Crippen LogP contribution in [0.15, 0.2) is 72.4 Å². The highest BCUT2D eigenvalue weighted by atomic mass is 35.5. The first-order chi connectivity index (χ1) is 16.0. The van der Waals surface area contributed by atoms with Gasteiger partial charge in [-0.2, -0.15) is 0 Å². The Morgan fingerprint density at radius 2 is 1.88 bits per heavy atom. The minimum absolute atomic E-state index is 0.0781. The lowest BCUT2D eigenvalue weighted by atomic mass is 10.1. The minimum atomic E-state index is -0.421. The summed E-state index contributed by atoms with van der Waals surface area (Å²) in [5.41, 5.74) is 1.57. The van der Waals surface area contributed by atoms with Crippen molar-refractivity contribution < 1.29 is 9.59 Å². The molecule has 0 bridgehead atoms. The van der Waals surface area contributed by atoms with Crippen molar-refractivity contribution in [2.24, 2.45) is 0 Å². The van der Waals surface area contributed by atoms with Gasteiger partial charge in [0.2, 0.25) is 5.91 Å². The standard InChI is InChI=1S/C24H26ClN5O2S/c1-3-15-30-22(17(2)27-23(32)19-11-7-8-12-20(19)25)28-29-24(30)33-16-21(31)26-14-13-18-9-5-4-6-10-18/h3-12,17H,1,13-16H2,2H3,(H,26,31)(H,27,32)/t17-/m0/s1. The molecule has 0 fully saturated rings. The molecular formula is C24H26ClN5O2S. The van der Waals surface area contributed by atoms with Crippen LogP contribution in [-0.2, 0) is 17.8 Å². The first-order valence-corrected chi connectivity index (χ1v) is 11.9. The number of nitrogens with one attached hydrogen (secondary N) is 2. The fraction of sp³-hybridized carbons (Fsp3) is 0.250. The Bertz CT molecular complexity index is 1100. The molecule has 0 saturated heterocycles. The van der Waals surface area contributed by atoms with Gasteiger partial charge in [-0.3, -0.25) is 9.59 Å². The van der Waals surface area contributed by atoms with E-state index in [9.17, 15) is 9.59 Å². The number of carbonyl (C=O) groups excluding carboxylic acids is 2. The summed E-state index contributed by atoms with van der Waals surface area (Å²) in [4.78, 5) is 24.9. The van der Waals surface area contributed by atoms with Gasteiger partial charge in [0.05, 0.1) is 22.4 Å². The van der Waals surface area contributed by atoms with E-state index in [0.29, 0.717) is 34.7 Å². The smallest absolute Gasteiger partial charge is 0.253 e. The van der Waals surface area contributed by atoms with Gasteiger partial charge < -0.3 is 15.2 Å². The Morgan fingerprint density at radius 1 is 1.15 bits per heavy atom. The Labute approximate surface area is 202 Å². The summed E-state index contributed by atoms with van der Waals surface area (Å²) < 4.78 is 1.84. The highest BCUT2D eigenvalue weighted by molar-refractivity contribution is 7.99. The number of hydrogen-bond donors (Lipinski definition) is 2. The molecule has 0 saturated carbocycles. The summed E-state index contributed by atoms with van der Waals surface area (Å²) in [7, 11) is 0. The third-order valence-corrected chi connectivity index (χ3v) is 6.12. The third kappa shape index (κ3) is 6.94. The van der Waals surface area contributed by atoms with E-state index >= 15 is 0 Å². The van der Waals surface area contributed by atoms with Crippen molar-refractivity contribution in [3.8, 4) is 0 Å². The molecule has 0 unspecified atom stereocenters. The number of amides is 2. The van der Waals surface area contributed by atoms with Gasteiger partial charge in [0.1, 0.15) is 0 Å². The summed E-state index contributed by atoms with van der Waals surface area (Å²) in [6.45, 7) is 6.63. The number of benzene rings is 2. The van der Waals surface area contributed by atoms with E-state index in [0.717, 1.165) is 6.42 Å². The molecule has 3 rings (SSSR count). The molecule has 172 valence electrons. The molecule has 2 amide bonds. The monoisotopic (exact) mass is 483 g/mol. The second kappa shape index (κ2) is 12.2. The highest BCUT2D eigenvalue weighted by Gasteiger charge is 2.21. The summed E-state index contributed by atoms with van der Waals surface area (Å²) in [6, 6.07) is 16.4. The first kappa shape index (κ1) is 24.5. The number of aromatic nitrogens is 3. The maximum absolute atomic E-state index is 12.6. The molecule has 1 atom stereocenters. The van der Waals surface area contributed by atoms with E-state index in [-0.39, 0.29) is 17.6 Å². The number of thioether (sulfide) groups is 1. The average Bonchev–Trinajstić information content (AvgIpc) is 3.21. The van der Waals surface area contributed by atoms with Crippen LogP contribution in [0.1, 0.15) is 34.7 Å². The number of allylic oxidation sites excluding steroid dienone is 1. The van der Waals surface area contributed by atoms with Crippen molar-refractivity contribution in [1.29, 1.82) is 0 Å². The Balaban J connectivity index is 1.58. The van der Waals surface area contributed by atoms with Gasteiger partial charge in [0.15, 0.2) is 11.0 Å². The van der Waals surface area contributed by atoms with Crippen molar-refractivity contribution in [3.05, 3.63) is 89.2 Å². The topological polar surface area (TPSA) is 88.9 Å². The molecule has 3 aromatic rings. The van der Waals surface area contributed by atoms with Crippen LogP contribution in [0.4, 0.5) is 0 Å². The van der Waals surface area contributed by atoms with Gasteiger partial charge >= 0.3 is 0 Å². The third-order valence-electron chi connectivity index (χ3n) is 4.82. The molecule has 1 aromatic heterocycles. The molecule has 0 aliphatic heterocycles. The second-order valence-electron chi connectivity index (χ2n) is 7.29. The lowest BCUT2D eigenvalue weighted by molar-refractivity contribution is -0.118. The number of rotatable bonds is 11. The predicted octanol–water partition coefficient (Wildman–Crippen LogP) is 4.06. The van der Waals surface area contributed by atoms with E-state index in [2.05, 4.69) is 27.4 Å². The van der Waals surface area contributed by atoms with E-state index in [1.165, 1.54) is 17.3 Å². The zero-order valence-corrected chi connectivity index (χ0v) is 19.9. The normalized spacial score (nSPS) is 11.6. The fourth-order valence-electron chi connectivity index (χ4n) is 3.18. The van der Waals surface area contributed by atoms with Crippen LogP contribution in [0.25, 0.3) is 0 Å². The number of nitrogens with zero attached hydrogens (tertiary/aromatic N) is 3. The molecule has 1 heterocycles. The predicted molar refractivity (Wildman–Crippen MR) is 131 cm³/mol. The lowest BCUT2D eigenvalue weighted by Gasteiger charge is -2.15. The summed E-state index contributed by atoms with van der Waals surface area (Å²) in [5, 5.41) is 15.3. The molecule has 2 aromatic carbocycles. The van der Waals surface area contributed by atoms with Crippen LogP contribution in [-0.4, -0.2) is 38.9 Å². The highest BCUT2D eigenvalue weighted by Crippen LogP contribution is 2.22. The van der Waals surface area contributed by atoms with Gasteiger partial charge in [0, 0.05) is 13.1 Å². The molecule has 0 radical (unpaired) electrons. The van der Waals surface area contributed by atoms with Crippen molar-refractivity contribution in [1.82, 2.24) is 25.4 Å². The van der Waals surface area contributed by atoms with Crippen molar-refractivity contribution in [2.75, 3.05) is 12.3 Å². The largest absolute Gasteiger partial charge is 0.355 e. The summed E-state index contributed by atoms with van der Waals surface area (Å²) in [6.07, 6.45) is 2.50. The van der Waals surface area contributed by atoms with Crippen molar-refractivity contribution >= 4 is 35.2 Å². The van der Waals surface area contributed by atoms with Crippen LogP contribution >= 0.6 is 23.4 Å². The van der Waals surface area contributed by atoms with Gasteiger partial charge in [0.25, 0.3) is 5.91 Å². The van der Waals surface area contributed by atoms with Gasteiger partial charge in [-0.25, -0.2) is 0 Å². The molecular weight excluding hydrogens is 458 g/mol. The van der Waals surface area contributed by atoms with Crippen LogP contribution in [0.3, 0.4) is 0 Å². The lowest BCUT2D eigenvalue weighted by Crippen LogP contribution is -2.29. The Kier molecular flexibility index (Phi) is 9.09. The van der Waals surface area contributed by atoms with E-state index in [1.54, 1.807) is 30.3 Å². The van der Waals surface area contributed by atoms with Gasteiger partial charge in [-0.05, 0) is 31.0 Å². The Morgan fingerprint density at radius 3 is 2.61 bits per heavy atom. The molecule has 0 spiro atoms. The minimum Gasteiger partial charge on any atom is -0.355 e. The Hall–Kier alpha value is -3.10. The van der Waals surface area contributed by atoms with Crippen LogP contribution < -0.4 is 10.6 Å². The van der Waals surface area contributed by atoms with Crippen LogP contribution in [0.2, 0.25) is 5.02 Å². The number of carbonyl (C=O) groups is 2. The molecule has 9 heteroatoms. The maximum Gasteiger partial charge on any atom is 0.253 e. The number of halogens is 1. The molecule has 0 aliphatic rings. The zero-order chi connectivity index (χ0) is 23.6. The maximum atomic E-state index is 12.6.